The predicted octanol–water partition coefficient (Wildman–Crippen LogP) is 5.04. The molecule has 6 nitrogen and oxygen atoms in total. The Morgan fingerprint density at radius 2 is 1.79 bits per heavy atom. The third-order valence-corrected chi connectivity index (χ3v) is 5.00. The number of nitrogens with zero attached hydrogens (tertiary/aromatic N) is 3. The minimum atomic E-state index is -5.00. The second-order valence-corrected chi connectivity index (χ2v) is 7.24. The normalized spacial score (nSPS) is 11.7. The van der Waals surface area contributed by atoms with Gasteiger partial charge in [0, 0.05) is 29.7 Å². The summed E-state index contributed by atoms with van der Waals surface area (Å²) in [7, 11) is 0. The Morgan fingerprint density at radius 3 is 2.45 bits per heavy atom. The summed E-state index contributed by atoms with van der Waals surface area (Å²) >= 11 is 0. The maximum atomic E-state index is 13.7. The molecule has 0 amide bonds. The van der Waals surface area contributed by atoms with Crippen molar-refractivity contribution in [3.63, 3.8) is 0 Å². The zero-order chi connectivity index (χ0) is 23.8. The van der Waals surface area contributed by atoms with Crippen LogP contribution in [0.1, 0.15) is 24.0 Å². The van der Waals surface area contributed by atoms with Gasteiger partial charge in [-0.1, -0.05) is 42.4 Å². The number of aryl methyl sites for hydroxylation is 1. The van der Waals surface area contributed by atoms with Crippen molar-refractivity contribution in [3.05, 3.63) is 87.9 Å². The molecular weight excluding hydrogens is 442 g/mol. The van der Waals surface area contributed by atoms with Crippen LogP contribution in [0.2, 0.25) is 0 Å². The molecule has 0 saturated heterocycles. The van der Waals surface area contributed by atoms with Crippen LogP contribution in [-0.2, 0) is 19.1 Å². The first-order chi connectivity index (χ1) is 15.7. The molecule has 0 atom stereocenters. The van der Waals surface area contributed by atoms with E-state index in [1.165, 1.54) is 16.7 Å². The van der Waals surface area contributed by atoms with Gasteiger partial charge in [0.2, 0.25) is 0 Å². The second-order valence-electron chi connectivity index (χ2n) is 7.24. The molecule has 2 aromatic heterocycles. The predicted molar refractivity (Wildman–Crippen MR) is 111 cm³/mol. The zero-order valence-electron chi connectivity index (χ0n) is 17.2. The molecule has 0 saturated carbocycles. The van der Waals surface area contributed by atoms with E-state index in [4.69, 9.17) is 4.52 Å². The van der Waals surface area contributed by atoms with Gasteiger partial charge in [0.05, 0.1) is 17.8 Å². The van der Waals surface area contributed by atoms with Crippen LogP contribution < -0.4 is 5.56 Å². The number of phenolic OH excluding ortho intramolecular Hbond substituents is 1. The smallest absolute Gasteiger partial charge is 0.419 e. The average Bonchev–Trinajstić information content (AvgIpc) is 3.25. The van der Waals surface area contributed by atoms with Gasteiger partial charge >= 0.3 is 6.18 Å². The minimum Gasteiger partial charge on any atom is -0.505 e. The van der Waals surface area contributed by atoms with E-state index in [9.17, 15) is 27.5 Å². The topological polar surface area (TPSA) is 81.2 Å². The van der Waals surface area contributed by atoms with Crippen molar-refractivity contribution >= 4 is 0 Å². The van der Waals surface area contributed by atoms with E-state index in [2.05, 4.69) is 10.1 Å². The molecule has 0 aliphatic heterocycles. The van der Waals surface area contributed by atoms with Crippen molar-refractivity contribution in [3.8, 4) is 28.3 Å². The number of aromatic hydroxyl groups is 1. The quantitative estimate of drug-likeness (QED) is 0.423. The van der Waals surface area contributed by atoms with Gasteiger partial charge in [0.1, 0.15) is 11.5 Å². The Bertz CT molecular complexity index is 1360. The molecule has 0 aliphatic carbocycles. The zero-order valence-corrected chi connectivity index (χ0v) is 17.2. The van der Waals surface area contributed by atoms with Gasteiger partial charge in [0.15, 0.2) is 17.3 Å². The number of benzene rings is 2. The lowest BCUT2D eigenvalue weighted by molar-refractivity contribution is -0.140. The highest BCUT2D eigenvalue weighted by molar-refractivity contribution is 5.62. The van der Waals surface area contributed by atoms with Crippen molar-refractivity contribution in [2.45, 2.75) is 26.1 Å². The highest BCUT2D eigenvalue weighted by atomic mass is 19.4. The van der Waals surface area contributed by atoms with Gasteiger partial charge in [-0.2, -0.15) is 13.2 Å². The Kier molecular flexibility index (Phi) is 5.75. The Morgan fingerprint density at radius 1 is 1.06 bits per heavy atom. The van der Waals surface area contributed by atoms with Gasteiger partial charge < -0.3 is 9.63 Å². The summed E-state index contributed by atoms with van der Waals surface area (Å²) in [5, 5.41) is 13.4. The van der Waals surface area contributed by atoms with E-state index < -0.39 is 23.3 Å². The third kappa shape index (κ3) is 4.50. The lowest BCUT2D eigenvalue weighted by Gasteiger charge is -2.11. The monoisotopic (exact) mass is 459 g/mol. The highest BCUT2D eigenvalue weighted by Gasteiger charge is 2.36. The van der Waals surface area contributed by atoms with Gasteiger partial charge in [0.25, 0.3) is 5.56 Å². The fourth-order valence-electron chi connectivity index (χ4n) is 3.39. The van der Waals surface area contributed by atoms with Crippen LogP contribution in [0.5, 0.6) is 5.75 Å². The van der Waals surface area contributed by atoms with E-state index in [0.717, 1.165) is 11.6 Å². The fraction of sp³-hybridized carbons (Fsp3) is 0.174. The summed E-state index contributed by atoms with van der Waals surface area (Å²) in [5.74, 6) is -2.56. The van der Waals surface area contributed by atoms with Crippen LogP contribution in [0, 0.1) is 5.82 Å². The van der Waals surface area contributed by atoms with Crippen LogP contribution in [0.3, 0.4) is 0 Å². The molecule has 0 unspecified atom stereocenters. The van der Waals surface area contributed by atoms with Crippen LogP contribution in [0.4, 0.5) is 17.6 Å². The molecule has 2 aromatic carbocycles. The molecule has 0 fully saturated rings. The summed E-state index contributed by atoms with van der Waals surface area (Å²) in [5.41, 5.74) is -0.605. The van der Waals surface area contributed by atoms with Crippen LogP contribution in [0.25, 0.3) is 22.6 Å². The lowest BCUT2D eigenvalue weighted by atomic mass is 10.1. The lowest BCUT2D eigenvalue weighted by Crippen LogP contribution is -2.25. The molecule has 4 rings (SSSR count). The SMILES string of the molecule is CCc1nc(-c2ccccc2)cc(=O)n1Cc1cc(-c2cc(O)c(F)c(C(F)(F)F)c2)on1. The second kappa shape index (κ2) is 8.53. The van der Waals surface area contributed by atoms with Gasteiger partial charge in [-0.05, 0) is 12.1 Å². The summed E-state index contributed by atoms with van der Waals surface area (Å²) in [6, 6.07) is 13.3. The number of hydrogen-bond donors (Lipinski definition) is 1. The molecule has 170 valence electrons. The van der Waals surface area contributed by atoms with Gasteiger partial charge in [-0.15, -0.1) is 0 Å². The van der Waals surface area contributed by atoms with Crippen LogP contribution in [0.15, 0.2) is 63.9 Å². The summed E-state index contributed by atoms with van der Waals surface area (Å²) in [6.07, 6.45) is -4.56. The highest BCUT2D eigenvalue weighted by Crippen LogP contribution is 2.38. The first-order valence-electron chi connectivity index (χ1n) is 9.89. The molecule has 4 aromatic rings. The molecular formula is C23H17F4N3O3. The summed E-state index contributed by atoms with van der Waals surface area (Å²) in [6.45, 7) is 1.80. The molecule has 0 radical (unpaired) electrons. The van der Waals surface area contributed by atoms with Crippen LogP contribution in [-0.4, -0.2) is 19.8 Å². The Balaban J connectivity index is 1.68. The fourth-order valence-corrected chi connectivity index (χ4v) is 3.39. The van der Waals surface area contributed by atoms with E-state index in [-0.39, 0.29) is 29.1 Å². The average molecular weight is 459 g/mol. The Hall–Kier alpha value is -3.95. The Labute approximate surface area is 184 Å². The molecule has 0 aliphatic rings. The summed E-state index contributed by atoms with van der Waals surface area (Å²) < 4.78 is 59.4. The summed E-state index contributed by atoms with van der Waals surface area (Å²) in [4.78, 5) is 17.3. The van der Waals surface area contributed by atoms with Crippen molar-refractivity contribution in [2.75, 3.05) is 0 Å². The molecule has 1 N–H and O–H groups in total. The molecule has 10 heteroatoms. The number of halogens is 4. The first-order valence-corrected chi connectivity index (χ1v) is 9.89. The van der Waals surface area contributed by atoms with Gasteiger partial charge in [-0.3, -0.25) is 9.36 Å². The first kappa shape index (κ1) is 22.3. The van der Waals surface area contributed by atoms with E-state index in [1.807, 2.05) is 37.3 Å². The molecule has 0 spiro atoms. The minimum absolute atomic E-state index is 0.0348. The van der Waals surface area contributed by atoms with Crippen molar-refractivity contribution in [2.24, 2.45) is 0 Å². The van der Waals surface area contributed by atoms with E-state index in [0.29, 0.717) is 24.0 Å². The van der Waals surface area contributed by atoms with Crippen LogP contribution >= 0.6 is 0 Å². The number of phenols is 1. The largest absolute Gasteiger partial charge is 0.505 e. The molecule has 33 heavy (non-hydrogen) atoms. The molecule has 0 bridgehead atoms. The maximum absolute atomic E-state index is 13.7. The third-order valence-electron chi connectivity index (χ3n) is 5.00. The number of alkyl halides is 3. The number of hydrogen-bond acceptors (Lipinski definition) is 5. The van der Waals surface area contributed by atoms with E-state index in [1.54, 1.807) is 0 Å². The van der Waals surface area contributed by atoms with Crippen molar-refractivity contribution in [1.82, 2.24) is 14.7 Å². The van der Waals surface area contributed by atoms with Gasteiger partial charge in [-0.25, -0.2) is 9.37 Å². The van der Waals surface area contributed by atoms with E-state index >= 15 is 0 Å². The van der Waals surface area contributed by atoms with Crippen molar-refractivity contribution in [1.29, 1.82) is 0 Å². The standard InChI is InChI=1S/C23H17F4N3O3/c1-2-20-28-17(13-6-4-3-5-7-13)11-21(32)30(20)12-15-10-19(33-29-15)14-8-16(23(25,26)27)22(24)18(31)9-14/h3-11,31H,2,12H2,1H3. The number of rotatable bonds is 5. The number of aromatic nitrogens is 3. The maximum Gasteiger partial charge on any atom is 0.419 e. The van der Waals surface area contributed by atoms with Crippen molar-refractivity contribution < 1.29 is 27.2 Å². The molecule has 2 heterocycles.